The molecule has 0 aliphatic rings. The Kier molecular flexibility index (Phi) is 4.86. The van der Waals surface area contributed by atoms with Crippen LogP contribution >= 0.6 is 23.1 Å². The fourth-order valence-electron chi connectivity index (χ4n) is 2.15. The van der Waals surface area contributed by atoms with Crippen LogP contribution in [-0.4, -0.2) is 26.5 Å². The second-order valence-corrected chi connectivity index (χ2v) is 7.13. The van der Waals surface area contributed by atoms with Crippen LogP contribution in [0.5, 0.6) is 0 Å². The minimum absolute atomic E-state index is 0.102. The van der Waals surface area contributed by atoms with Crippen LogP contribution in [0, 0.1) is 13.8 Å². The number of hydrogen-bond acceptors (Lipinski definition) is 6. The highest BCUT2D eigenvalue weighted by Crippen LogP contribution is 2.25. The van der Waals surface area contributed by atoms with Gasteiger partial charge in [0.2, 0.25) is 11.1 Å². The fraction of sp³-hybridized carbons (Fsp3) is 0.188. The maximum atomic E-state index is 12.2. The minimum atomic E-state index is -0.102. The van der Waals surface area contributed by atoms with Crippen molar-refractivity contribution in [3.63, 3.8) is 0 Å². The Morgan fingerprint density at radius 2 is 2.12 bits per heavy atom. The summed E-state index contributed by atoms with van der Waals surface area (Å²) in [6.07, 6.45) is 0. The molecule has 24 heavy (non-hydrogen) atoms. The summed E-state index contributed by atoms with van der Waals surface area (Å²) in [6, 6.07) is 9.70. The Bertz CT molecular complexity index is 857. The third-order valence-corrected chi connectivity index (χ3v) is 5.43. The summed E-state index contributed by atoms with van der Waals surface area (Å²) >= 11 is 2.80. The predicted molar refractivity (Wildman–Crippen MR) is 98.8 cm³/mol. The zero-order valence-corrected chi connectivity index (χ0v) is 14.9. The van der Waals surface area contributed by atoms with Crippen molar-refractivity contribution in [1.29, 1.82) is 0 Å². The van der Waals surface area contributed by atoms with E-state index in [9.17, 15) is 4.79 Å². The molecule has 1 amide bonds. The van der Waals surface area contributed by atoms with Crippen LogP contribution in [0.15, 0.2) is 40.9 Å². The molecule has 0 aliphatic carbocycles. The lowest BCUT2D eigenvalue weighted by Gasteiger charge is -2.10. The van der Waals surface area contributed by atoms with Crippen molar-refractivity contribution in [2.75, 3.05) is 16.9 Å². The summed E-state index contributed by atoms with van der Waals surface area (Å²) in [5.74, 6) is 6.74. The lowest BCUT2D eigenvalue weighted by atomic mass is 10.1. The largest absolute Gasteiger partial charge is 0.335 e. The number of anilines is 1. The van der Waals surface area contributed by atoms with Gasteiger partial charge in [-0.2, -0.15) is 0 Å². The first-order valence-electron chi connectivity index (χ1n) is 7.29. The maximum Gasteiger partial charge on any atom is 0.234 e. The van der Waals surface area contributed by atoms with Gasteiger partial charge in [-0.1, -0.05) is 30.0 Å². The van der Waals surface area contributed by atoms with Gasteiger partial charge < -0.3 is 11.2 Å². The molecule has 0 atom stereocenters. The standard InChI is InChI=1S/C16H17N5OS2/c1-10-5-3-6-12(11(10)2)18-14(22)9-24-16-20-19-15(21(16)17)13-7-4-8-23-13/h3-8H,9,17H2,1-2H3,(H,18,22). The Balaban J connectivity index is 1.64. The number of amides is 1. The van der Waals surface area contributed by atoms with E-state index in [1.165, 1.54) is 16.4 Å². The summed E-state index contributed by atoms with van der Waals surface area (Å²) in [5, 5.41) is 13.5. The van der Waals surface area contributed by atoms with Crippen LogP contribution in [-0.2, 0) is 4.79 Å². The summed E-state index contributed by atoms with van der Waals surface area (Å²) in [4.78, 5) is 13.1. The molecule has 0 spiro atoms. The van der Waals surface area contributed by atoms with E-state index in [1.807, 2.05) is 49.6 Å². The number of aryl methyl sites for hydroxylation is 1. The Labute approximate surface area is 148 Å². The van der Waals surface area contributed by atoms with Gasteiger partial charge in [0.05, 0.1) is 10.6 Å². The van der Waals surface area contributed by atoms with E-state index in [0.29, 0.717) is 11.0 Å². The number of hydrogen-bond donors (Lipinski definition) is 2. The van der Waals surface area contributed by atoms with Gasteiger partial charge in [-0.25, -0.2) is 4.68 Å². The van der Waals surface area contributed by atoms with Gasteiger partial charge in [0.15, 0.2) is 5.82 Å². The zero-order chi connectivity index (χ0) is 17.1. The number of aromatic nitrogens is 3. The van der Waals surface area contributed by atoms with Crippen molar-refractivity contribution < 1.29 is 4.79 Å². The molecular formula is C16H17N5OS2. The van der Waals surface area contributed by atoms with Crippen LogP contribution in [0.3, 0.4) is 0 Å². The van der Waals surface area contributed by atoms with Crippen LogP contribution in [0.25, 0.3) is 10.7 Å². The molecule has 1 aromatic carbocycles. The number of nitrogens with two attached hydrogens (primary N) is 1. The number of nitrogens with one attached hydrogen (secondary N) is 1. The van der Waals surface area contributed by atoms with Crippen LogP contribution < -0.4 is 11.2 Å². The van der Waals surface area contributed by atoms with E-state index in [0.717, 1.165) is 21.7 Å². The van der Waals surface area contributed by atoms with E-state index in [-0.39, 0.29) is 11.7 Å². The first kappa shape index (κ1) is 16.5. The first-order chi connectivity index (χ1) is 11.6. The molecule has 0 saturated heterocycles. The predicted octanol–water partition coefficient (Wildman–Crippen LogP) is 3.07. The molecule has 0 aliphatic heterocycles. The normalized spacial score (nSPS) is 10.8. The van der Waals surface area contributed by atoms with Gasteiger partial charge in [-0.15, -0.1) is 21.5 Å². The molecular weight excluding hydrogens is 342 g/mol. The Morgan fingerprint density at radius 1 is 1.29 bits per heavy atom. The Morgan fingerprint density at radius 3 is 2.88 bits per heavy atom. The quantitative estimate of drug-likeness (QED) is 0.540. The van der Waals surface area contributed by atoms with Crippen molar-refractivity contribution in [3.05, 3.63) is 46.8 Å². The average molecular weight is 359 g/mol. The molecule has 0 fully saturated rings. The molecule has 8 heteroatoms. The van der Waals surface area contributed by atoms with Crippen LogP contribution in [0.2, 0.25) is 0 Å². The van der Waals surface area contributed by atoms with Crippen molar-refractivity contribution in [2.45, 2.75) is 19.0 Å². The van der Waals surface area contributed by atoms with Crippen molar-refractivity contribution in [2.24, 2.45) is 0 Å². The zero-order valence-electron chi connectivity index (χ0n) is 13.3. The van der Waals surface area contributed by atoms with Crippen molar-refractivity contribution >= 4 is 34.7 Å². The second kappa shape index (κ2) is 7.06. The minimum Gasteiger partial charge on any atom is -0.335 e. The smallest absolute Gasteiger partial charge is 0.234 e. The summed E-state index contributed by atoms with van der Waals surface area (Å²) in [6.45, 7) is 4.00. The number of thioether (sulfide) groups is 1. The average Bonchev–Trinajstić information content (AvgIpc) is 3.19. The summed E-state index contributed by atoms with van der Waals surface area (Å²) in [7, 11) is 0. The molecule has 124 valence electrons. The number of carbonyl (C=O) groups is 1. The van der Waals surface area contributed by atoms with E-state index in [1.54, 1.807) is 11.3 Å². The van der Waals surface area contributed by atoms with E-state index >= 15 is 0 Å². The van der Waals surface area contributed by atoms with Crippen LogP contribution in [0.4, 0.5) is 5.69 Å². The molecule has 3 rings (SSSR count). The molecule has 0 saturated carbocycles. The lowest BCUT2D eigenvalue weighted by molar-refractivity contribution is -0.113. The number of rotatable bonds is 5. The van der Waals surface area contributed by atoms with Crippen molar-refractivity contribution in [3.8, 4) is 10.7 Å². The maximum absolute atomic E-state index is 12.2. The van der Waals surface area contributed by atoms with E-state index in [2.05, 4.69) is 15.5 Å². The summed E-state index contributed by atoms with van der Waals surface area (Å²) in [5.41, 5.74) is 3.04. The summed E-state index contributed by atoms with van der Waals surface area (Å²) < 4.78 is 1.42. The highest BCUT2D eigenvalue weighted by Gasteiger charge is 2.14. The molecule has 2 heterocycles. The lowest BCUT2D eigenvalue weighted by Crippen LogP contribution is -2.17. The topological polar surface area (TPSA) is 85.8 Å². The van der Waals surface area contributed by atoms with Gasteiger partial charge in [0.1, 0.15) is 0 Å². The first-order valence-corrected chi connectivity index (χ1v) is 9.16. The molecule has 3 aromatic rings. The van der Waals surface area contributed by atoms with Gasteiger partial charge in [0, 0.05) is 5.69 Å². The second-order valence-electron chi connectivity index (χ2n) is 5.24. The van der Waals surface area contributed by atoms with Crippen LogP contribution in [0.1, 0.15) is 11.1 Å². The highest BCUT2D eigenvalue weighted by molar-refractivity contribution is 7.99. The van der Waals surface area contributed by atoms with Gasteiger partial charge in [-0.05, 0) is 42.5 Å². The SMILES string of the molecule is Cc1cccc(NC(=O)CSc2nnc(-c3cccs3)n2N)c1C. The molecule has 0 unspecified atom stereocenters. The van der Waals surface area contributed by atoms with E-state index < -0.39 is 0 Å². The molecule has 0 bridgehead atoms. The van der Waals surface area contributed by atoms with E-state index in [4.69, 9.17) is 5.84 Å². The molecule has 2 aromatic heterocycles. The highest BCUT2D eigenvalue weighted by atomic mass is 32.2. The molecule has 6 nitrogen and oxygen atoms in total. The number of thiophene rings is 1. The number of benzene rings is 1. The third kappa shape index (κ3) is 3.44. The third-order valence-electron chi connectivity index (χ3n) is 3.62. The molecule has 0 radical (unpaired) electrons. The number of nitrogen functional groups attached to an aromatic ring is 1. The Hall–Kier alpha value is -2.32. The fourth-order valence-corrected chi connectivity index (χ4v) is 3.51. The number of nitrogens with zero attached hydrogens (tertiary/aromatic N) is 3. The number of carbonyl (C=O) groups excluding carboxylic acids is 1. The molecule has 3 N–H and O–H groups in total. The van der Waals surface area contributed by atoms with Gasteiger partial charge >= 0.3 is 0 Å². The van der Waals surface area contributed by atoms with Crippen molar-refractivity contribution in [1.82, 2.24) is 14.9 Å². The van der Waals surface area contributed by atoms with Gasteiger partial charge in [-0.3, -0.25) is 4.79 Å². The van der Waals surface area contributed by atoms with Gasteiger partial charge in [0.25, 0.3) is 0 Å². The monoisotopic (exact) mass is 359 g/mol.